The second-order valence-corrected chi connectivity index (χ2v) is 5.92. The average Bonchev–Trinajstić information content (AvgIpc) is 2.63. The van der Waals surface area contributed by atoms with E-state index in [0.29, 0.717) is 5.39 Å². The molecule has 0 saturated carbocycles. The predicted molar refractivity (Wildman–Crippen MR) is 95.1 cm³/mol. The van der Waals surface area contributed by atoms with Crippen molar-refractivity contribution in [2.75, 3.05) is 6.61 Å². The van der Waals surface area contributed by atoms with E-state index < -0.39 is 29.1 Å². The lowest BCUT2D eigenvalue weighted by Crippen LogP contribution is -2.23. The number of fused-ring (bicyclic) bond motifs is 1. The Bertz CT molecular complexity index is 1030. The average molecular weight is 394 g/mol. The molecule has 0 aliphatic heterocycles. The van der Waals surface area contributed by atoms with Crippen molar-refractivity contribution in [2.45, 2.75) is 13.0 Å². The first-order chi connectivity index (χ1) is 13.3. The van der Waals surface area contributed by atoms with Crippen LogP contribution in [0.4, 0.5) is 22.0 Å². The number of ether oxygens (including phenoxy) is 2. The number of hydrogen-bond acceptors (Lipinski definition) is 2. The Morgan fingerprint density at radius 2 is 1.50 bits per heavy atom. The normalized spacial score (nSPS) is 11.9. The van der Waals surface area contributed by atoms with E-state index in [9.17, 15) is 22.0 Å². The molecule has 28 heavy (non-hydrogen) atoms. The van der Waals surface area contributed by atoms with Crippen molar-refractivity contribution in [3.05, 3.63) is 83.7 Å². The Kier molecular flexibility index (Phi) is 5.53. The number of allylic oxidation sites excluding steroid dienone is 1. The summed E-state index contributed by atoms with van der Waals surface area (Å²) in [6, 6.07) is 8.32. The molecule has 0 fully saturated rings. The van der Waals surface area contributed by atoms with Crippen LogP contribution in [-0.2, 0) is 6.11 Å². The van der Waals surface area contributed by atoms with Gasteiger partial charge in [0.25, 0.3) is 0 Å². The van der Waals surface area contributed by atoms with Gasteiger partial charge in [0.2, 0.25) is 0 Å². The molecule has 0 heterocycles. The second kappa shape index (κ2) is 7.88. The summed E-state index contributed by atoms with van der Waals surface area (Å²) >= 11 is 0. The summed E-state index contributed by atoms with van der Waals surface area (Å²) in [6.45, 7) is 1.96. The van der Waals surface area contributed by atoms with E-state index in [4.69, 9.17) is 4.74 Å². The number of benzene rings is 3. The van der Waals surface area contributed by atoms with Crippen LogP contribution < -0.4 is 9.47 Å². The topological polar surface area (TPSA) is 18.5 Å². The maximum absolute atomic E-state index is 14.4. The highest BCUT2D eigenvalue weighted by atomic mass is 19.3. The van der Waals surface area contributed by atoms with Crippen LogP contribution >= 0.6 is 0 Å². The van der Waals surface area contributed by atoms with Gasteiger partial charge in [0.1, 0.15) is 29.5 Å². The minimum Gasteiger partial charge on any atom is -0.489 e. The molecular weight excluding hydrogens is 379 g/mol. The van der Waals surface area contributed by atoms with E-state index in [1.807, 2.05) is 0 Å². The Hall–Kier alpha value is -3.09. The lowest BCUT2D eigenvalue weighted by molar-refractivity contribution is -0.187. The highest BCUT2D eigenvalue weighted by Crippen LogP contribution is 2.35. The standard InChI is InChI=1S/C21H15F5O2/c1-2-3-8-27-15-6-7-17(18(22)12-15)21(25,26)28-16-5-4-13-10-19(23)20(24)11-14(13)9-16/h2-7,9-12H,8H2,1H3. The van der Waals surface area contributed by atoms with Gasteiger partial charge in [-0.2, -0.15) is 8.78 Å². The van der Waals surface area contributed by atoms with Crippen LogP contribution in [0, 0.1) is 17.5 Å². The van der Waals surface area contributed by atoms with Crippen LogP contribution in [0.5, 0.6) is 11.5 Å². The van der Waals surface area contributed by atoms with Crippen LogP contribution in [0.25, 0.3) is 10.8 Å². The number of hydrogen-bond donors (Lipinski definition) is 0. The third-order valence-electron chi connectivity index (χ3n) is 3.93. The summed E-state index contributed by atoms with van der Waals surface area (Å²) in [4.78, 5) is 0. The zero-order chi connectivity index (χ0) is 20.3. The van der Waals surface area contributed by atoms with Crippen molar-refractivity contribution < 1.29 is 31.4 Å². The molecule has 146 valence electrons. The van der Waals surface area contributed by atoms with E-state index in [-0.39, 0.29) is 23.5 Å². The van der Waals surface area contributed by atoms with E-state index in [1.54, 1.807) is 19.1 Å². The maximum Gasteiger partial charge on any atom is 0.429 e. The van der Waals surface area contributed by atoms with Crippen LogP contribution in [0.3, 0.4) is 0 Å². The molecule has 0 N–H and O–H groups in total. The fourth-order valence-electron chi connectivity index (χ4n) is 2.55. The summed E-state index contributed by atoms with van der Waals surface area (Å²) in [7, 11) is 0. The van der Waals surface area contributed by atoms with Crippen LogP contribution in [0.1, 0.15) is 12.5 Å². The first-order valence-electron chi connectivity index (χ1n) is 8.30. The SMILES string of the molecule is CC=CCOc1ccc(C(F)(F)Oc2ccc3cc(F)c(F)cc3c2)c(F)c1. The van der Waals surface area contributed by atoms with Gasteiger partial charge in [-0.25, -0.2) is 13.2 Å². The smallest absolute Gasteiger partial charge is 0.429 e. The molecule has 0 aliphatic carbocycles. The highest BCUT2D eigenvalue weighted by Gasteiger charge is 2.37. The summed E-state index contributed by atoms with van der Waals surface area (Å²) in [6.07, 6.45) is -0.577. The minimum absolute atomic E-state index is 0.0957. The molecule has 3 aromatic carbocycles. The summed E-state index contributed by atoms with van der Waals surface area (Å²) < 4.78 is 79.5. The molecule has 0 atom stereocenters. The molecule has 0 saturated heterocycles. The minimum atomic E-state index is -3.99. The largest absolute Gasteiger partial charge is 0.489 e. The Morgan fingerprint density at radius 1 is 0.821 bits per heavy atom. The van der Waals surface area contributed by atoms with Gasteiger partial charge in [-0.3, -0.25) is 0 Å². The lowest BCUT2D eigenvalue weighted by Gasteiger charge is -2.19. The highest BCUT2D eigenvalue weighted by molar-refractivity contribution is 5.84. The van der Waals surface area contributed by atoms with Crippen molar-refractivity contribution >= 4 is 10.8 Å². The van der Waals surface area contributed by atoms with Gasteiger partial charge >= 0.3 is 6.11 Å². The quantitative estimate of drug-likeness (QED) is 0.359. The van der Waals surface area contributed by atoms with Gasteiger partial charge in [-0.1, -0.05) is 18.2 Å². The Labute approximate surface area is 157 Å². The van der Waals surface area contributed by atoms with E-state index in [2.05, 4.69) is 4.74 Å². The van der Waals surface area contributed by atoms with Gasteiger partial charge in [0.15, 0.2) is 11.6 Å². The van der Waals surface area contributed by atoms with Crippen molar-refractivity contribution in [3.63, 3.8) is 0 Å². The first-order valence-corrected chi connectivity index (χ1v) is 8.30. The molecule has 0 amide bonds. The van der Waals surface area contributed by atoms with E-state index in [1.165, 1.54) is 18.2 Å². The zero-order valence-corrected chi connectivity index (χ0v) is 14.7. The molecule has 0 aromatic heterocycles. The number of alkyl halides is 2. The maximum atomic E-state index is 14.4. The van der Waals surface area contributed by atoms with Crippen LogP contribution in [0.2, 0.25) is 0 Å². The predicted octanol–water partition coefficient (Wildman–Crippen LogP) is 6.34. The Balaban J connectivity index is 1.84. The first kappa shape index (κ1) is 19.7. The molecule has 3 rings (SSSR count). The monoisotopic (exact) mass is 394 g/mol. The van der Waals surface area contributed by atoms with E-state index in [0.717, 1.165) is 30.3 Å². The van der Waals surface area contributed by atoms with Gasteiger partial charge in [0.05, 0.1) is 0 Å². The molecule has 3 aromatic rings. The molecule has 0 bridgehead atoms. The second-order valence-electron chi connectivity index (χ2n) is 5.92. The fourth-order valence-corrected chi connectivity index (χ4v) is 2.55. The third kappa shape index (κ3) is 4.24. The van der Waals surface area contributed by atoms with Gasteiger partial charge < -0.3 is 9.47 Å². The van der Waals surface area contributed by atoms with Crippen molar-refractivity contribution in [2.24, 2.45) is 0 Å². The van der Waals surface area contributed by atoms with Crippen molar-refractivity contribution in [3.8, 4) is 11.5 Å². The molecule has 0 aliphatic rings. The van der Waals surface area contributed by atoms with Gasteiger partial charge in [0, 0.05) is 6.07 Å². The molecule has 7 heteroatoms. The Morgan fingerprint density at radius 3 is 2.18 bits per heavy atom. The summed E-state index contributed by atoms with van der Waals surface area (Å²) in [5.41, 5.74) is -0.976. The zero-order valence-electron chi connectivity index (χ0n) is 14.7. The fraction of sp³-hybridized carbons (Fsp3) is 0.143. The molecule has 2 nitrogen and oxygen atoms in total. The van der Waals surface area contributed by atoms with E-state index >= 15 is 0 Å². The van der Waals surface area contributed by atoms with Gasteiger partial charge in [-0.05, 0) is 54.1 Å². The third-order valence-corrected chi connectivity index (χ3v) is 3.93. The van der Waals surface area contributed by atoms with Crippen LogP contribution in [-0.4, -0.2) is 6.61 Å². The summed E-state index contributed by atoms with van der Waals surface area (Å²) in [5, 5.41) is 0.476. The molecule has 0 radical (unpaired) electrons. The van der Waals surface area contributed by atoms with Crippen molar-refractivity contribution in [1.82, 2.24) is 0 Å². The molecule has 0 unspecified atom stereocenters. The number of halogens is 5. The molecule has 0 spiro atoms. The van der Waals surface area contributed by atoms with Crippen molar-refractivity contribution in [1.29, 1.82) is 0 Å². The lowest BCUT2D eigenvalue weighted by atomic mass is 10.1. The van der Waals surface area contributed by atoms with Crippen LogP contribution in [0.15, 0.2) is 60.7 Å². The molecular formula is C21H15F5O2. The number of rotatable bonds is 6. The van der Waals surface area contributed by atoms with Gasteiger partial charge in [-0.15, -0.1) is 0 Å². The summed E-state index contributed by atoms with van der Waals surface area (Å²) in [5.74, 6) is -3.59.